The number of nitrogens with zero attached hydrogens (tertiary/aromatic N) is 1. The van der Waals surface area contributed by atoms with Gasteiger partial charge in [-0.1, -0.05) is 55.8 Å². The number of thiazole rings is 1. The van der Waals surface area contributed by atoms with E-state index in [-0.39, 0.29) is 0 Å². The molecule has 1 aromatic carbocycles. The summed E-state index contributed by atoms with van der Waals surface area (Å²) in [5.74, 6) is 0.520. The Morgan fingerprint density at radius 3 is 2.74 bits per heavy atom. The topological polar surface area (TPSA) is 12.9 Å². The summed E-state index contributed by atoms with van der Waals surface area (Å²) in [6, 6.07) is 10.4. The number of hydrogen-bond donors (Lipinski definition) is 0. The Labute approximate surface area is 118 Å². The highest BCUT2D eigenvalue weighted by Crippen LogP contribution is 2.34. The van der Waals surface area contributed by atoms with Crippen LogP contribution in [-0.2, 0) is 0 Å². The van der Waals surface area contributed by atoms with Crippen LogP contribution in [0.4, 0.5) is 0 Å². The van der Waals surface area contributed by atoms with Crippen LogP contribution in [0.15, 0.2) is 42.0 Å². The minimum absolute atomic E-state index is 0.520. The third-order valence-electron chi connectivity index (χ3n) is 3.55. The normalized spacial score (nSPS) is 17.8. The maximum absolute atomic E-state index is 4.77. The third-order valence-corrected chi connectivity index (χ3v) is 4.62. The van der Waals surface area contributed by atoms with E-state index in [0.717, 1.165) is 17.1 Å². The first kappa shape index (κ1) is 12.4. The van der Waals surface area contributed by atoms with E-state index in [9.17, 15) is 0 Å². The molecule has 0 spiro atoms. The zero-order valence-electron chi connectivity index (χ0n) is 11.3. The van der Waals surface area contributed by atoms with Crippen LogP contribution in [0, 0.1) is 5.92 Å². The molecule has 0 aliphatic heterocycles. The van der Waals surface area contributed by atoms with Crippen molar-refractivity contribution in [1.29, 1.82) is 0 Å². The van der Waals surface area contributed by atoms with Gasteiger partial charge in [-0.2, -0.15) is 0 Å². The van der Waals surface area contributed by atoms with Crippen molar-refractivity contribution >= 4 is 23.5 Å². The first-order chi connectivity index (χ1) is 9.28. The lowest BCUT2D eigenvalue weighted by Gasteiger charge is -2.07. The minimum Gasteiger partial charge on any atom is -0.236 e. The molecule has 0 bridgehead atoms. The van der Waals surface area contributed by atoms with E-state index in [2.05, 4.69) is 56.3 Å². The summed E-state index contributed by atoms with van der Waals surface area (Å²) in [7, 11) is 0. The average molecular weight is 267 g/mol. The molecule has 0 saturated carbocycles. The molecule has 2 heteroatoms. The average Bonchev–Trinajstić information content (AvgIpc) is 2.80. The Hall–Kier alpha value is -1.67. The van der Waals surface area contributed by atoms with Crippen molar-refractivity contribution in [1.82, 2.24) is 4.98 Å². The molecule has 1 heterocycles. The van der Waals surface area contributed by atoms with Gasteiger partial charge in [0.15, 0.2) is 0 Å². The highest BCUT2D eigenvalue weighted by atomic mass is 32.1. The number of allylic oxidation sites excluding steroid dienone is 2. The van der Waals surface area contributed by atoms with E-state index in [1.807, 2.05) is 6.07 Å². The zero-order chi connectivity index (χ0) is 13.2. The zero-order valence-corrected chi connectivity index (χ0v) is 12.1. The second kappa shape index (κ2) is 5.14. The molecular formula is C17H17NS. The fraction of sp³-hybridized carbons (Fsp3) is 0.235. The van der Waals surface area contributed by atoms with Crippen LogP contribution in [0.5, 0.6) is 0 Å². The van der Waals surface area contributed by atoms with Gasteiger partial charge in [-0.3, -0.25) is 0 Å². The van der Waals surface area contributed by atoms with Crippen LogP contribution < -0.4 is 0 Å². The number of fused-ring (bicyclic) bond motifs is 1. The molecule has 0 N–H and O–H groups in total. The number of aromatic nitrogens is 1. The van der Waals surface area contributed by atoms with Gasteiger partial charge in [0.2, 0.25) is 0 Å². The smallest absolute Gasteiger partial charge is 0.124 e. The Morgan fingerprint density at radius 2 is 2.00 bits per heavy atom. The molecule has 0 saturated heterocycles. The van der Waals surface area contributed by atoms with Gasteiger partial charge in [0.1, 0.15) is 5.01 Å². The molecule has 0 fully saturated rings. The van der Waals surface area contributed by atoms with Crippen molar-refractivity contribution in [2.45, 2.75) is 20.3 Å². The molecule has 0 amide bonds. The molecule has 19 heavy (non-hydrogen) atoms. The first-order valence-electron chi connectivity index (χ1n) is 6.73. The lowest BCUT2D eigenvalue weighted by Crippen LogP contribution is -1.92. The Morgan fingerprint density at radius 1 is 1.21 bits per heavy atom. The highest BCUT2D eigenvalue weighted by Gasteiger charge is 2.14. The van der Waals surface area contributed by atoms with Crippen LogP contribution >= 0.6 is 11.3 Å². The van der Waals surface area contributed by atoms with Crippen molar-refractivity contribution in [3.63, 3.8) is 0 Å². The minimum atomic E-state index is 0.520. The summed E-state index contributed by atoms with van der Waals surface area (Å²) in [5.41, 5.74) is 3.80. The predicted molar refractivity (Wildman–Crippen MR) is 84.0 cm³/mol. The number of hydrogen-bond acceptors (Lipinski definition) is 2. The van der Waals surface area contributed by atoms with E-state index in [0.29, 0.717) is 5.92 Å². The quantitative estimate of drug-likeness (QED) is 0.722. The molecule has 1 aliphatic rings. The Kier molecular flexibility index (Phi) is 3.34. The SMILES string of the molecule is CCC1=Cc2sc(-c3ccccc3)nc2C=CC1C. The first-order valence-corrected chi connectivity index (χ1v) is 7.54. The third kappa shape index (κ3) is 2.41. The highest BCUT2D eigenvalue weighted by molar-refractivity contribution is 7.16. The van der Waals surface area contributed by atoms with Gasteiger partial charge in [0.25, 0.3) is 0 Å². The second-order valence-electron chi connectivity index (χ2n) is 4.86. The predicted octanol–water partition coefficient (Wildman–Crippen LogP) is 5.27. The van der Waals surface area contributed by atoms with Crippen LogP contribution in [0.25, 0.3) is 22.7 Å². The van der Waals surface area contributed by atoms with E-state index < -0.39 is 0 Å². The summed E-state index contributed by atoms with van der Waals surface area (Å²) in [4.78, 5) is 6.06. The molecular weight excluding hydrogens is 250 g/mol. The monoisotopic (exact) mass is 267 g/mol. The summed E-state index contributed by atoms with van der Waals surface area (Å²) in [6.45, 7) is 4.47. The van der Waals surface area contributed by atoms with Gasteiger partial charge in [-0.15, -0.1) is 11.3 Å². The van der Waals surface area contributed by atoms with Crippen LogP contribution in [-0.4, -0.2) is 4.98 Å². The lowest BCUT2D eigenvalue weighted by atomic mass is 9.99. The summed E-state index contributed by atoms with van der Waals surface area (Å²) < 4.78 is 0. The van der Waals surface area contributed by atoms with Gasteiger partial charge in [-0.05, 0) is 24.5 Å². The molecule has 0 radical (unpaired) electrons. The fourth-order valence-electron chi connectivity index (χ4n) is 2.35. The lowest BCUT2D eigenvalue weighted by molar-refractivity contribution is 0.823. The maximum Gasteiger partial charge on any atom is 0.124 e. The maximum atomic E-state index is 4.77. The van der Waals surface area contributed by atoms with Crippen molar-refractivity contribution in [3.8, 4) is 10.6 Å². The van der Waals surface area contributed by atoms with Crippen LogP contribution in [0.1, 0.15) is 30.8 Å². The molecule has 96 valence electrons. The van der Waals surface area contributed by atoms with Crippen molar-refractivity contribution in [3.05, 3.63) is 52.6 Å². The summed E-state index contributed by atoms with van der Waals surface area (Å²) in [5, 5.41) is 1.11. The number of benzene rings is 1. The molecule has 1 nitrogen and oxygen atoms in total. The molecule has 3 rings (SSSR count). The molecule has 1 aromatic heterocycles. The van der Waals surface area contributed by atoms with Crippen LogP contribution in [0.3, 0.4) is 0 Å². The summed E-state index contributed by atoms with van der Waals surface area (Å²) >= 11 is 1.78. The number of rotatable bonds is 2. The molecule has 1 aliphatic carbocycles. The van der Waals surface area contributed by atoms with Crippen molar-refractivity contribution in [2.24, 2.45) is 5.92 Å². The molecule has 1 unspecified atom stereocenters. The second-order valence-corrected chi connectivity index (χ2v) is 5.89. The van der Waals surface area contributed by atoms with Crippen molar-refractivity contribution in [2.75, 3.05) is 0 Å². The van der Waals surface area contributed by atoms with Gasteiger partial charge in [0, 0.05) is 5.56 Å². The standard InChI is InChI=1S/C17H17NS/c1-3-13-11-16-15(10-9-12(13)2)18-17(19-16)14-7-5-4-6-8-14/h4-12H,3H2,1-2H3. The largest absolute Gasteiger partial charge is 0.236 e. The Balaban J connectivity index is 2.06. The van der Waals surface area contributed by atoms with Crippen LogP contribution in [0.2, 0.25) is 0 Å². The van der Waals surface area contributed by atoms with Gasteiger partial charge in [-0.25, -0.2) is 4.98 Å². The van der Waals surface area contributed by atoms with Crippen molar-refractivity contribution < 1.29 is 0 Å². The molecule has 1 atom stereocenters. The molecule has 2 aromatic rings. The fourth-order valence-corrected chi connectivity index (χ4v) is 3.39. The van der Waals surface area contributed by atoms with Gasteiger partial charge in [0.05, 0.1) is 10.6 Å². The van der Waals surface area contributed by atoms with E-state index in [1.165, 1.54) is 16.0 Å². The Bertz CT molecular complexity index is 635. The van der Waals surface area contributed by atoms with Gasteiger partial charge >= 0.3 is 0 Å². The van der Waals surface area contributed by atoms with E-state index >= 15 is 0 Å². The van der Waals surface area contributed by atoms with E-state index in [1.54, 1.807) is 11.3 Å². The van der Waals surface area contributed by atoms with E-state index in [4.69, 9.17) is 4.98 Å². The van der Waals surface area contributed by atoms with Gasteiger partial charge < -0.3 is 0 Å². The summed E-state index contributed by atoms with van der Waals surface area (Å²) in [6.07, 6.45) is 7.85.